The van der Waals surface area contributed by atoms with Crippen molar-refractivity contribution in [3.63, 3.8) is 0 Å². The first-order valence-electron chi connectivity index (χ1n) is 8.85. The lowest BCUT2D eigenvalue weighted by Gasteiger charge is -2.36. The maximum absolute atomic E-state index is 12.9. The van der Waals surface area contributed by atoms with E-state index >= 15 is 0 Å². The average molecular weight is 300 g/mol. The Kier molecular flexibility index (Phi) is 7.03. The Bertz CT molecular complexity index is 301. The monoisotopic (exact) mass is 299 g/mol. The number of hydrogen-bond donors (Lipinski definition) is 1. The van der Waals surface area contributed by atoms with Crippen molar-refractivity contribution in [2.24, 2.45) is 11.8 Å². The lowest BCUT2D eigenvalue weighted by atomic mass is 9.83. The molecule has 0 radical (unpaired) electrons. The van der Waals surface area contributed by atoms with Gasteiger partial charge < -0.3 is 5.32 Å². The van der Waals surface area contributed by atoms with Crippen LogP contribution in [0.3, 0.4) is 0 Å². The molecule has 0 aromatic heterocycles. The quantitative estimate of drug-likeness (QED) is 0.773. The van der Waals surface area contributed by atoms with Gasteiger partial charge in [0, 0.05) is 22.6 Å². The van der Waals surface area contributed by atoms with Crippen LogP contribution >= 0.6 is 0 Å². The van der Waals surface area contributed by atoms with Crippen LogP contribution in [-0.2, 0) is 10.8 Å². The molecule has 0 aromatic rings. The first-order valence-corrected chi connectivity index (χ1v) is 10.2. The van der Waals surface area contributed by atoms with Gasteiger partial charge in [-0.25, -0.2) is 0 Å². The lowest BCUT2D eigenvalue weighted by Crippen LogP contribution is -2.47. The summed E-state index contributed by atoms with van der Waals surface area (Å²) in [4.78, 5) is 0. The Morgan fingerprint density at radius 3 is 2.45 bits per heavy atom. The lowest BCUT2D eigenvalue weighted by molar-refractivity contribution is 0.286. The van der Waals surface area contributed by atoms with Gasteiger partial charge in [-0.15, -0.1) is 0 Å². The number of nitrogens with one attached hydrogen (secondary N) is 1. The van der Waals surface area contributed by atoms with E-state index in [-0.39, 0.29) is 0 Å². The third kappa shape index (κ3) is 4.56. The summed E-state index contributed by atoms with van der Waals surface area (Å²) >= 11 is 0. The third-order valence-corrected chi connectivity index (χ3v) is 7.27. The van der Waals surface area contributed by atoms with Crippen molar-refractivity contribution in [3.05, 3.63) is 0 Å². The van der Waals surface area contributed by atoms with Crippen molar-refractivity contribution in [3.8, 4) is 0 Å². The minimum absolute atomic E-state index is 0.417. The number of hydrogen-bond acceptors (Lipinski definition) is 2. The van der Waals surface area contributed by atoms with E-state index in [9.17, 15) is 4.21 Å². The summed E-state index contributed by atoms with van der Waals surface area (Å²) < 4.78 is 12.9. The van der Waals surface area contributed by atoms with Crippen molar-refractivity contribution < 1.29 is 4.21 Å². The van der Waals surface area contributed by atoms with Crippen LogP contribution in [0, 0.1) is 11.8 Å². The fourth-order valence-corrected chi connectivity index (χ4v) is 6.33. The Morgan fingerprint density at radius 2 is 1.80 bits per heavy atom. The highest BCUT2D eigenvalue weighted by Gasteiger charge is 2.34. The fourth-order valence-electron chi connectivity index (χ4n) is 4.20. The van der Waals surface area contributed by atoms with Gasteiger partial charge in [0.1, 0.15) is 0 Å². The van der Waals surface area contributed by atoms with Crippen molar-refractivity contribution in [1.82, 2.24) is 5.32 Å². The molecular weight excluding hydrogens is 266 g/mol. The molecule has 2 saturated carbocycles. The molecule has 2 rings (SSSR count). The summed E-state index contributed by atoms with van der Waals surface area (Å²) in [7, 11) is -0.615. The molecule has 3 heteroatoms. The van der Waals surface area contributed by atoms with Gasteiger partial charge in [-0.3, -0.25) is 4.21 Å². The van der Waals surface area contributed by atoms with Gasteiger partial charge in [0.2, 0.25) is 0 Å². The highest BCUT2D eigenvalue weighted by molar-refractivity contribution is 7.85. The molecular formula is C17H33NOS. The zero-order valence-corrected chi connectivity index (χ0v) is 14.2. The van der Waals surface area contributed by atoms with Gasteiger partial charge in [0.15, 0.2) is 0 Å². The van der Waals surface area contributed by atoms with E-state index in [1.807, 2.05) is 0 Å². The van der Waals surface area contributed by atoms with Gasteiger partial charge in [-0.1, -0.05) is 39.5 Å². The van der Waals surface area contributed by atoms with Gasteiger partial charge >= 0.3 is 0 Å². The molecule has 0 bridgehead atoms. The molecule has 0 saturated heterocycles. The maximum atomic E-state index is 12.9. The van der Waals surface area contributed by atoms with Gasteiger partial charge in [-0.2, -0.15) is 0 Å². The second-order valence-corrected chi connectivity index (χ2v) is 8.57. The first-order chi connectivity index (χ1) is 9.74. The average Bonchev–Trinajstić information content (AvgIpc) is 2.94. The van der Waals surface area contributed by atoms with Crippen molar-refractivity contribution in [1.29, 1.82) is 0 Å². The van der Waals surface area contributed by atoms with E-state index < -0.39 is 10.8 Å². The number of rotatable bonds is 7. The molecule has 0 aromatic carbocycles. The highest BCUT2D eigenvalue weighted by Crippen LogP contribution is 2.33. The Balaban J connectivity index is 1.92. The smallest absolute Gasteiger partial charge is 0.0503 e. The maximum Gasteiger partial charge on any atom is 0.0503 e. The molecule has 2 fully saturated rings. The van der Waals surface area contributed by atoms with E-state index in [1.54, 1.807) is 0 Å². The van der Waals surface area contributed by atoms with Crippen LogP contribution in [0.15, 0.2) is 0 Å². The normalized spacial score (nSPS) is 33.4. The SMILES string of the molecule is CCCC1CCC(NCC)C(S(=O)CC2CCCC2)C1. The molecule has 4 unspecified atom stereocenters. The molecule has 118 valence electrons. The van der Waals surface area contributed by atoms with Crippen molar-refractivity contribution in [2.45, 2.75) is 82.9 Å². The Labute approximate surface area is 127 Å². The largest absolute Gasteiger partial charge is 0.313 e. The van der Waals surface area contributed by atoms with E-state index in [0.717, 1.165) is 24.1 Å². The Hall–Kier alpha value is 0.110. The van der Waals surface area contributed by atoms with E-state index in [2.05, 4.69) is 19.2 Å². The van der Waals surface area contributed by atoms with Gasteiger partial charge in [0.25, 0.3) is 0 Å². The van der Waals surface area contributed by atoms with Crippen LogP contribution in [0.4, 0.5) is 0 Å². The molecule has 0 amide bonds. The summed E-state index contributed by atoms with van der Waals surface area (Å²) in [5.74, 6) is 2.56. The van der Waals surface area contributed by atoms with E-state index in [0.29, 0.717) is 11.3 Å². The summed E-state index contributed by atoms with van der Waals surface area (Å²) in [5.41, 5.74) is 0. The topological polar surface area (TPSA) is 29.1 Å². The summed E-state index contributed by atoms with van der Waals surface area (Å²) in [6.45, 7) is 5.47. The summed E-state index contributed by atoms with van der Waals surface area (Å²) in [6, 6.07) is 0.510. The van der Waals surface area contributed by atoms with E-state index in [4.69, 9.17) is 0 Å². The highest BCUT2D eigenvalue weighted by atomic mass is 32.2. The molecule has 0 aliphatic heterocycles. The van der Waals surface area contributed by atoms with Crippen LogP contribution in [0.2, 0.25) is 0 Å². The summed E-state index contributed by atoms with van der Waals surface area (Å²) in [5, 5.41) is 4.03. The fraction of sp³-hybridized carbons (Fsp3) is 1.00. The summed E-state index contributed by atoms with van der Waals surface area (Å²) in [6.07, 6.45) is 11.7. The molecule has 0 spiro atoms. The predicted octanol–water partition coefficient (Wildman–Crippen LogP) is 3.87. The zero-order chi connectivity index (χ0) is 14.4. The molecule has 0 heterocycles. The van der Waals surface area contributed by atoms with Crippen LogP contribution in [-0.4, -0.2) is 27.8 Å². The van der Waals surface area contributed by atoms with Crippen LogP contribution in [0.5, 0.6) is 0 Å². The second kappa shape index (κ2) is 8.53. The standard InChI is InChI=1S/C17H33NOS/c1-3-7-14-10-11-16(18-4-2)17(12-14)20(19)13-15-8-5-6-9-15/h14-18H,3-13H2,1-2H3. The minimum Gasteiger partial charge on any atom is -0.313 e. The molecule has 2 nitrogen and oxygen atoms in total. The molecule has 2 aliphatic rings. The van der Waals surface area contributed by atoms with Crippen LogP contribution in [0.1, 0.15) is 71.6 Å². The zero-order valence-electron chi connectivity index (χ0n) is 13.4. The van der Waals surface area contributed by atoms with Gasteiger partial charge in [0.05, 0.1) is 5.25 Å². The Morgan fingerprint density at radius 1 is 1.05 bits per heavy atom. The molecule has 1 N–H and O–H groups in total. The third-order valence-electron chi connectivity index (χ3n) is 5.28. The van der Waals surface area contributed by atoms with Crippen molar-refractivity contribution >= 4 is 10.8 Å². The van der Waals surface area contributed by atoms with Crippen LogP contribution < -0.4 is 5.32 Å². The molecule has 20 heavy (non-hydrogen) atoms. The van der Waals surface area contributed by atoms with Gasteiger partial charge in [-0.05, 0) is 50.5 Å². The molecule has 4 atom stereocenters. The molecule has 2 aliphatic carbocycles. The predicted molar refractivity (Wildman–Crippen MR) is 88.5 cm³/mol. The first kappa shape index (κ1) is 16.5. The second-order valence-electron chi connectivity index (χ2n) is 6.87. The minimum atomic E-state index is -0.615. The van der Waals surface area contributed by atoms with Crippen LogP contribution in [0.25, 0.3) is 0 Å². The van der Waals surface area contributed by atoms with Crippen molar-refractivity contribution in [2.75, 3.05) is 12.3 Å². The van der Waals surface area contributed by atoms with E-state index in [1.165, 1.54) is 57.8 Å².